The maximum atomic E-state index is 12.6. The van der Waals surface area contributed by atoms with Gasteiger partial charge in [0.05, 0.1) is 0 Å². The van der Waals surface area contributed by atoms with Gasteiger partial charge in [0.15, 0.2) is 0 Å². The van der Waals surface area contributed by atoms with Crippen LogP contribution >= 0.6 is 0 Å². The molecule has 0 N–H and O–H groups in total. The molecule has 0 radical (unpaired) electrons. The molecule has 3 heterocycles. The first-order valence-electron chi connectivity index (χ1n) is 11.1. The Labute approximate surface area is 166 Å². The number of rotatable bonds is 5. The van der Waals surface area contributed by atoms with E-state index in [0.717, 1.165) is 51.9 Å². The van der Waals surface area contributed by atoms with Crippen LogP contribution in [-0.2, 0) is 16.0 Å². The fraction of sp³-hybridized carbons (Fsp3) is 0.810. The molecule has 2 saturated heterocycles. The summed E-state index contributed by atoms with van der Waals surface area (Å²) in [7, 11) is 0. The number of nitrogens with zero attached hydrogens (tertiary/aromatic N) is 4. The highest BCUT2D eigenvalue weighted by atomic mass is 16.4. The van der Waals surface area contributed by atoms with E-state index in [1.807, 2.05) is 9.80 Å². The van der Waals surface area contributed by atoms with Crippen LogP contribution in [0, 0.1) is 5.92 Å². The normalized spacial score (nSPS) is 22.0. The van der Waals surface area contributed by atoms with E-state index >= 15 is 0 Å². The van der Waals surface area contributed by atoms with E-state index in [1.54, 1.807) is 0 Å². The smallest absolute Gasteiger partial charge is 0.231 e. The van der Waals surface area contributed by atoms with Crippen molar-refractivity contribution in [1.82, 2.24) is 20.0 Å². The van der Waals surface area contributed by atoms with Gasteiger partial charge < -0.3 is 14.2 Å². The number of carbonyl (C=O) groups excluding carboxylic acids is 2. The van der Waals surface area contributed by atoms with E-state index in [9.17, 15) is 9.59 Å². The topological polar surface area (TPSA) is 79.5 Å². The van der Waals surface area contributed by atoms with Crippen molar-refractivity contribution in [3.63, 3.8) is 0 Å². The van der Waals surface area contributed by atoms with Gasteiger partial charge in [-0.15, -0.1) is 10.2 Å². The maximum absolute atomic E-state index is 12.6. The van der Waals surface area contributed by atoms with Crippen molar-refractivity contribution in [3.05, 3.63) is 11.8 Å². The van der Waals surface area contributed by atoms with Crippen LogP contribution in [0.1, 0.15) is 81.9 Å². The van der Waals surface area contributed by atoms with Crippen LogP contribution in [0.2, 0.25) is 0 Å². The molecule has 7 nitrogen and oxygen atoms in total. The number of amides is 2. The van der Waals surface area contributed by atoms with Crippen LogP contribution in [-0.4, -0.2) is 58.0 Å². The molecule has 1 aromatic rings. The van der Waals surface area contributed by atoms with Gasteiger partial charge in [-0.2, -0.15) is 0 Å². The Morgan fingerprint density at radius 3 is 2.21 bits per heavy atom. The number of aromatic nitrogens is 2. The zero-order chi connectivity index (χ0) is 19.3. The van der Waals surface area contributed by atoms with Gasteiger partial charge in [0.1, 0.15) is 6.42 Å². The minimum atomic E-state index is 0.0795. The number of carbonyl (C=O) groups is 2. The van der Waals surface area contributed by atoms with Crippen molar-refractivity contribution in [1.29, 1.82) is 0 Å². The Balaban J connectivity index is 1.24. The fourth-order valence-electron chi connectivity index (χ4n) is 4.85. The number of piperidine rings is 1. The Bertz CT molecular complexity index is 669. The first-order chi connectivity index (χ1) is 13.7. The lowest BCUT2D eigenvalue weighted by molar-refractivity contribution is -0.133. The molecule has 3 fully saturated rings. The zero-order valence-corrected chi connectivity index (χ0v) is 16.8. The minimum Gasteiger partial charge on any atom is -0.424 e. The molecule has 1 aliphatic carbocycles. The van der Waals surface area contributed by atoms with Gasteiger partial charge in [-0.05, 0) is 44.4 Å². The molecule has 154 valence electrons. The summed E-state index contributed by atoms with van der Waals surface area (Å²) in [5.41, 5.74) is 0. The highest BCUT2D eigenvalue weighted by Gasteiger charge is 2.29. The van der Waals surface area contributed by atoms with Gasteiger partial charge in [0.2, 0.25) is 23.6 Å². The molecule has 3 aliphatic rings. The summed E-state index contributed by atoms with van der Waals surface area (Å²) in [5, 5.41) is 8.28. The van der Waals surface area contributed by atoms with Crippen molar-refractivity contribution >= 4 is 11.8 Å². The molecular weight excluding hydrogens is 356 g/mol. The van der Waals surface area contributed by atoms with Crippen LogP contribution in [0.15, 0.2) is 4.42 Å². The lowest BCUT2D eigenvalue weighted by Crippen LogP contribution is -2.38. The van der Waals surface area contributed by atoms with E-state index in [-0.39, 0.29) is 18.2 Å². The maximum Gasteiger partial charge on any atom is 0.231 e. The van der Waals surface area contributed by atoms with E-state index in [0.29, 0.717) is 30.0 Å². The first-order valence-corrected chi connectivity index (χ1v) is 11.1. The minimum absolute atomic E-state index is 0.0795. The molecule has 0 unspecified atom stereocenters. The summed E-state index contributed by atoms with van der Waals surface area (Å²) < 4.78 is 5.80. The number of hydrogen-bond donors (Lipinski definition) is 0. The monoisotopic (exact) mass is 388 g/mol. The molecular formula is C21H32N4O3. The van der Waals surface area contributed by atoms with Gasteiger partial charge >= 0.3 is 0 Å². The predicted molar refractivity (Wildman–Crippen MR) is 104 cm³/mol. The molecule has 2 aliphatic heterocycles. The molecule has 2 amide bonds. The number of likely N-dealkylation sites (tertiary alicyclic amines) is 2. The molecule has 4 rings (SSSR count). The van der Waals surface area contributed by atoms with E-state index in [1.165, 1.54) is 32.1 Å². The lowest BCUT2D eigenvalue weighted by atomic mass is 9.86. The van der Waals surface area contributed by atoms with Gasteiger partial charge in [0, 0.05) is 38.5 Å². The fourth-order valence-corrected chi connectivity index (χ4v) is 4.85. The largest absolute Gasteiger partial charge is 0.424 e. The van der Waals surface area contributed by atoms with E-state index in [4.69, 9.17) is 4.42 Å². The second-order valence-corrected chi connectivity index (χ2v) is 8.66. The highest BCUT2D eigenvalue weighted by molar-refractivity contribution is 5.78. The van der Waals surface area contributed by atoms with Crippen LogP contribution in [0.25, 0.3) is 0 Å². The second kappa shape index (κ2) is 9.05. The van der Waals surface area contributed by atoms with Crippen LogP contribution in [0.3, 0.4) is 0 Å². The average molecular weight is 389 g/mol. The van der Waals surface area contributed by atoms with Gasteiger partial charge in [0.25, 0.3) is 0 Å². The average Bonchev–Trinajstić information content (AvgIpc) is 3.41. The zero-order valence-electron chi connectivity index (χ0n) is 16.8. The summed E-state index contributed by atoms with van der Waals surface area (Å²) in [5.74, 6) is 2.22. The van der Waals surface area contributed by atoms with Crippen LogP contribution in [0.5, 0.6) is 0 Å². The van der Waals surface area contributed by atoms with Crippen molar-refractivity contribution in [2.45, 2.75) is 76.5 Å². The molecule has 1 saturated carbocycles. The summed E-state index contributed by atoms with van der Waals surface area (Å²) in [6, 6.07) is 0. The lowest BCUT2D eigenvalue weighted by Gasteiger charge is -2.32. The van der Waals surface area contributed by atoms with Gasteiger partial charge in [-0.25, -0.2) is 0 Å². The Kier molecular flexibility index (Phi) is 6.27. The molecule has 0 spiro atoms. The standard InChI is InChI=1S/C21H32N4O3/c26-19(14-16-6-2-1-3-7-16)25-12-8-17(9-13-25)21-23-22-18(28-21)15-20(27)24-10-4-5-11-24/h16-17H,1-15H2. The van der Waals surface area contributed by atoms with Gasteiger partial charge in [-0.1, -0.05) is 19.3 Å². The quantitative estimate of drug-likeness (QED) is 0.775. The Morgan fingerprint density at radius 2 is 1.50 bits per heavy atom. The summed E-state index contributed by atoms with van der Waals surface area (Å²) in [4.78, 5) is 28.7. The molecule has 28 heavy (non-hydrogen) atoms. The van der Waals surface area contributed by atoms with E-state index in [2.05, 4.69) is 10.2 Å². The SMILES string of the molecule is O=C(Cc1nnc(C2CCN(C(=O)CC3CCCCC3)CC2)o1)N1CCCC1. The third kappa shape index (κ3) is 4.73. The Morgan fingerprint density at radius 1 is 0.821 bits per heavy atom. The summed E-state index contributed by atoms with van der Waals surface area (Å²) in [6.45, 7) is 3.21. The third-order valence-corrected chi connectivity index (χ3v) is 6.63. The van der Waals surface area contributed by atoms with Crippen molar-refractivity contribution in [2.24, 2.45) is 5.92 Å². The predicted octanol–water partition coefficient (Wildman–Crippen LogP) is 2.91. The van der Waals surface area contributed by atoms with Gasteiger partial charge in [-0.3, -0.25) is 9.59 Å². The molecule has 0 bridgehead atoms. The molecule has 7 heteroatoms. The Hall–Kier alpha value is -1.92. The summed E-state index contributed by atoms with van der Waals surface area (Å²) in [6.07, 6.45) is 11.1. The molecule has 0 atom stereocenters. The molecule has 1 aromatic heterocycles. The number of hydrogen-bond acceptors (Lipinski definition) is 5. The van der Waals surface area contributed by atoms with Crippen molar-refractivity contribution in [3.8, 4) is 0 Å². The van der Waals surface area contributed by atoms with Crippen LogP contribution < -0.4 is 0 Å². The second-order valence-electron chi connectivity index (χ2n) is 8.66. The van der Waals surface area contributed by atoms with Crippen molar-refractivity contribution < 1.29 is 14.0 Å². The first kappa shape index (κ1) is 19.4. The van der Waals surface area contributed by atoms with Crippen LogP contribution in [0.4, 0.5) is 0 Å². The van der Waals surface area contributed by atoms with Crippen molar-refractivity contribution in [2.75, 3.05) is 26.2 Å². The molecule has 0 aromatic carbocycles. The van der Waals surface area contributed by atoms with E-state index < -0.39 is 0 Å². The third-order valence-electron chi connectivity index (χ3n) is 6.63. The highest BCUT2D eigenvalue weighted by Crippen LogP contribution is 2.30. The summed E-state index contributed by atoms with van der Waals surface area (Å²) >= 11 is 0.